The Morgan fingerprint density at radius 1 is 1.41 bits per heavy atom. The van der Waals surface area contributed by atoms with E-state index in [0.29, 0.717) is 17.1 Å². The zero-order valence-corrected chi connectivity index (χ0v) is 9.77. The largest absolute Gasteiger partial charge is 0.399 e. The number of hydrogen-bond donors (Lipinski definition) is 2. The molecule has 0 atom stereocenters. The molecule has 0 radical (unpaired) electrons. The maximum absolute atomic E-state index is 11.9. The molecule has 0 aliphatic rings. The quantitative estimate of drug-likeness (QED) is 0.769. The number of anilines is 2. The van der Waals surface area contributed by atoms with Gasteiger partial charge in [0.25, 0.3) is 5.91 Å². The monoisotopic (exact) mass is 230 g/mol. The van der Waals surface area contributed by atoms with Crippen LogP contribution in [0.5, 0.6) is 0 Å². The lowest BCUT2D eigenvalue weighted by molar-refractivity contribution is 0.101. The van der Waals surface area contributed by atoms with Crippen molar-refractivity contribution in [3.8, 4) is 0 Å². The number of benzene rings is 1. The number of aromatic nitrogens is 2. The van der Waals surface area contributed by atoms with Gasteiger partial charge in [-0.25, -0.2) is 0 Å². The maximum atomic E-state index is 11.9. The van der Waals surface area contributed by atoms with Gasteiger partial charge >= 0.3 is 0 Å². The fourth-order valence-corrected chi connectivity index (χ4v) is 1.63. The van der Waals surface area contributed by atoms with Gasteiger partial charge in [0.1, 0.15) is 5.69 Å². The van der Waals surface area contributed by atoms with Crippen LogP contribution in [0.2, 0.25) is 0 Å². The normalized spacial score (nSPS) is 10.2. The van der Waals surface area contributed by atoms with E-state index in [-0.39, 0.29) is 5.91 Å². The van der Waals surface area contributed by atoms with Crippen molar-refractivity contribution in [3.05, 3.63) is 41.7 Å². The molecule has 0 unspecified atom stereocenters. The van der Waals surface area contributed by atoms with Gasteiger partial charge in [-0.15, -0.1) is 0 Å². The zero-order valence-electron chi connectivity index (χ0n) is 9.77. The Bertz CT molecular complexity index is 559. The first-order chi connectivity index (χ1) is 8.06. The Morgan fingerprint density at radius 2 is 2.18 bits per heavy atom. The minimum atomic E-state index is -0.196. The lowest BCUT2D eigenvalue weighted by atomic mass is 10.2. The molecule has 0 spiro atoms. The molecular weight excluding hydrogens is 216 g/mol. The van der Waals surface area contributed by atoms with Crippen molar-refractivity contribution in [2.75, 3.05) is 11.1 Å². The molecule has 0 saturated carbocycles. The highest BCUT2D eigenvalue weighted by molar-refractivity contribution is 6.03. The Balaban J connectivity index is 2.20. The molecule has 2 rings (SSSR count). The van der Waals surface area contributed by atoms with E-state index in [1.807, 2.05) is 6.92 Å². The van der Waals surface area contributed by atoms with E-state index >= 15 is 0 Å². The summed E-state index contributed by atoms with van der Waals surface area (Å²) in [5.41, 5.74) is 8.26. The van der Waals surface area contributed by atoms with Crippen molar-refractivity contribution in [3.63, 3.8) is 0 Å². The molecule has 1 aromatic heterocycles. The van der Waals surface area contributed by atoms with E-state index < -0.39 is 0 Å². The van der Waals surface area contributed by atoms with Crippen molar-refractivity contribution in [2.45, 2.75) is 6.92 Å². The minimum Gasteiger partial charge on any atom is -0.399 e. The molecule has 5 heteroatoms. The number of hydrogen-bond acceptors (Lipinski definition) is 3. The molecule has 0 fully saturated rings. The van der Waals surface area contributed by atoms with Crippen molar-refractivity contribution in [2.24, 2.45) is 7.05 Å². The maximum Gasteiger partial charge on any atom is 0.273 e. The number of nitrogens with zero attached hydrogens (tertiary/aromatic N) is 2. The number of nitrogen functional groups attached to an aromatic ring is 1. The number of carbonyl (C=O) groups excluding carboxylic acids is 1. The molecule has 0 bridgehead atoms. The summed E-state index contributed by atoms with van der Waals surface area (Å²) >= 11 is 0. The lowest BCUT2D eigenvalue weighted by Crippen LogP contribution is -2.16. The minimum absolute atomic E-state index is 0.196. The van der Waals surface area contributed by atoms with E-state index in [1.54, 1.807) is 42.1 Å². The molecule has 1 aromatic carbocycles. The Hall–Kier alpha value is -2.30. The van der Waals surface area contributed by atoms with Gasteiger partial charge in [-0.3, -0.25) is 9.48 Å². The topological polar surface area (TPSA) is 72.9 Å². The molecule has 0 aliphatic carbocycles. The van der Waals surface area contributed by atoms with Crippen LogP contribution >= 0.6 is 0 Å². The Morgan fingerprint density at radius 3 is 2.76 bits per heavy atom. The SMILES string of the molecule is Cc1cc(C(=O)Nc2cccc(N)c2)n(C)n1. The molecule has 5 nitrogen and oxygen atoms in total. The standard InChI is InChI=1S/C12H14N4O/c1-8-6-11(16(2)15-8)12(17)14-10-5-3-4-9(13)7-10/h3-7H,13H2,1-2H3,(H,14,17). The summed E-state index contributed by atoms with van der Waals surface area (Å²) < 4.78 is 1.55. The number of carbonyl (C=O) groups is 1. The summed E-state index contributed by atoms with van der Waals surface area (Å²) in [6.07, 6.45) is 0. The third kappa shape index (κ3) is 2.44. The molecule has 0 aliphatic heterocycles. The summed E-state index contributed by atoms with van der Waals surface area (Å²) in [5, 5.41) is 6.90. The fourth-order valence-electron chi connectivity index (χ4n) is 1.63. The third-order valence-electron chi connectivity index (χ3n) is 2.38. The van der Waals surface area contributed by atoms with Crippen LogP contribution in [0.15, 0.2) is 30.3 Å². The van der Waals surface area contributed by atoms with Gasteiger partial charge < -0.3 is 11.1 Å². The summed E-state index contributed by atoms with van der Waals surface area (Å²) in [7, 11) is 1.74. The zero-order chi connectivity index (χ0) is 12.4. The Labute approximate surface area is 99.2 Å². The van der Waals surface area contributed by atoms with Crippen molar-refractivity contribution >= 4 is 17.3 Å². The van der Waals surface area contributed by atoms with Crippen molar-refractivity contribution < 1.29 is 4.79 Å². The predicted molar refractivity (Wildman–Crippen MR) is 66.8 cm³/mol. The third-order valence-corrected chi connectivity index (χ3v) is 2.38. The van der Waals surface area contributed by atoms with Gasteiger partial charge in [-0.2, -0.15) is 5.10 Å². The van der Waals surface area contributed by atoms with Gasteiger partial charge in [0.2, 0.25) is 0 Å². The molecular formula is C12H14N4O. The van der Waals surface area contributed by atoms with Gasteiger partial charge in [0.15, 0.2) is 0 Å². The predicted octanol–water partition coefficient (Wildman–Crippen LogP) is 1.56. The molecule has 88 valence electrons. The summed E-state index contributed by atoms with van der Waals surface area (Å²) in [6.45, 7) is 1.84. The highest BCUT2D eigenvalue weighted by Crippen LogP contribution is 2.13. The van der Waals surface area contributed by atoms with Crippen LogP contribution in [0.3, 0.4) is 0 Å². The number of amides is 1. The first-order valence-corrected chi connectivity index (χ1v) is 5.24. The molecule has 1 heterocycles. The van der Waals surface area contributed by atoms with Crippen LogP contribution in [-0.4, -0.2) is 15.7 Å². The van der Waals surface area contributed by atoms with E-state index in [2.05, 4.69) is 10.4 Å². The first kappa shape index (κ1) is 11.2. The number of rotatable bonds is 2. The van der Waals surface area contributed by atoms with Crippen LogP contribution in [0.4, 0.5) is 11.4 Å². The first-order valence-electron chi connectivity index (χ1n) is 5.24. The molecule has 1 amide bonds. The second-order valence-electron chi connectivity index (χ2n) is 3.87. The van der Waals surface area contributed by atoms with Gasteiger partial charge in [0, 0.05) is 18.4 Å². The second-order valence-corrected chi connectivity index (χ2v) is 3.87. The summed E-state index contributed by atoms with van der Waals surface area (Å²) in [6, 6.07) is 8.80. The van der Waals surface area contributed by atoms with E-state index in [4.69, 9.17) is 5.73 Å². The second kappa shape index (κ2) is 4.29. The van der Waals surface area contributed by atoms with E-state index in [1.165, 1.54) is 0 Å². The Kier molecular flexibility index (Phi) is 2.82. The van der Waals surface area contributed by atoms with Crippen LogP contribution in [-0.2, 0) is 7.05 Å². The smallest absolute Gasteiger partial charge is 0.273 e. The summed E-state index contributed by atoms with van der Waals surface area (Å²) in [4.78, 5) is 11.9. The van der Waals surface area contributed by atoms with Crippen LogP contribution in [0, 0.1) is 6.92 Å². The molecule has 0 saturated heterocycles. The van der Waals surface area contributed by atoms with Gasteiger partial charge in [0.05, 0.1) is 5.69 Å². The van der Waals surface area contributed by atoms with E-state index in [9.17, 15) is 4.79 Å². The highest BCUT2D eigenvalue weighted by Gasteiger charge is 2.11. The van der Waals surface area contributed by atoms with E-state index in [0.717, 1.165) is 5.69 Å². The van der Waals surface area contributed by atoms with Crippen molar-refractivity contribution in [1.29, 1.82) is 0 Å². The van der Waals surface area contributed by atoms with Crippen LogP contribution in [0.1, 0.15) is 16.2 Å². The van der Waals surface area contributed by atoms with Crippen LogP contribution in [0.25, 0.3) is 0 Å². The number of aryl methyl sites for hydroxylation is 2. The fraction of sp³-hybridized carbons (Fsp3) is 0.167. The average molecular weight is 230 g/mol. The molecule has 17 heavy (non-hydrogen) atoms. The molecule has 3 N–H and O–H groups in total. The summed E-state index contributed by atoms with van der Waals surface area (Å²) in [5.74, 6) is -0.196. The van der Waals surface area contributed by atoms with Gasteiger partial charge in [-0.1, -0.05) is 6.07 Å². The van der Waals surface area contributed by atoms with Gasteiger partial charge in [-0.05, 0) is 31.2 Å². The van der Waals surface area contributed by atoms with Crippen molar-refractivity contribution in [1.82, 2.24) is 9.78 Å². The molecule has 2 aromatic rings. The number of nitrogens with one attached hydrogen (secondary N) is 1. The highest BCUT2D eigenvalue weighted by atomic mass is 16.2. The van der Waals surface area contributed by atoms with Crippen LogP contribution < -0.4 is 11.1 Å². The lowest BCUT2D eigenvalue weighted by Gasteiger charge is -2.05. The average Bonchev–Trinajstić information content (AvgIpc) is 2.58. The number of nitrogens with two attached hydrogens (primary N) is 1.